The van der Waals surface area contributed by atoms with Crippen LogP contribution >= 0.6 is 0 Å². The zero-order valence-electron chi connectivity index (χ0n) is 10.8. The third-order valence-electron chi connectivity index (χ3n) is 2.38. The number of nitrogens with two attached hydrogens (primary N) is 1. The molecule has 5 nitrogen and oxygen atoms in total. The molecule has 2 amide bonds. The summed E-state index contributed by atoms with van der Waals surface area (Å²) < 4.78 is 0. The average molecular weight is 229 g/mol. The van der Waals surface area contributed by atoms with Crippen molar-refractivity contribution < 1.29 is 9.59 Å². The summed E-state index contributed by atoms with van der Waals surface area (Å²) in [5, 5.41) is 2.73. The fraction of sp³-hybridized carbons (Fsp3) is 0.818. The van der Waals surface area contributed by atoms with Crippen LogP contribution in [0.25, 0.3) is 0 Å². The lowest BCUT2D eigenvalue weighted by atomic mass is 10.0. The summed E-state index contributed by atoms with van der Waals surface area (Å²) in [7, 11) is 1.61. The zero-order valence-corrected chi connectivity index (χ0v) is 10.8. The van der Waals surface area contributed by atoms with Crippen molar-refractivity contribution in [2.24, 2.45) is 11.7 Å². The standard InChI is InChI=1S/C11H23N3O2/c1-7(2)13-10(15)6-14(5)11(16)8(3)9(4)12/h7-9H,6,12H2,1-5H3,(H,13,15). The number of carbonyl (C=O) groups excluding carboxylic acids is 2. The van der Waals surface area contributed by atoms with Crippen LogP contribution in [0.15, 0.2) is 0 Å². The summed E-state index contributed by atoms with van der Waals surface area (Å²) in [4.78, 5) is 24.6. The highest BCUT2D eigenvalue weighted by atomic mass is 16.2. The number of hydrogen-bond donors (Lipinski definition) is 2. The van der Waals surface area contributed by atoms with Gasteiger partial charge in [-0.1, -0.05) is 6.92 Å². The number of nitrogens with one attached hydrogen (secondary N) is 1. The number of amides is 2. The van der Waals surface area contributed by atoms with Gasteiger partial charge in [-0.05, 0) is 20.8 Å². The van der Waals surface area contributed by atoms with Gasteiger partial charge in [0.2, 0.25) is 11.8 Å². The topological polar surface area (TPSA) is 75.4 Å². The molecule has 0 spiro atoms. The molecule has 0 aliphatic carbocycles. The molecule has 0 aromatic heterocycles. The Morgan fingerprint density at radius 1 is 1.25 bits per heavy atom. The van der Waals surface area contributed by atoms with Crippen molar-refractivity contribution in [1.29, 1.82) is 0 Å². The fourth-order valence-corrected chi connectivity index (χ4v) is 1.23. The lowest BCUT2D eigenvalue weighted by Gasteiger charge is -2.23. The van der Waals surface area contributed by atoms with Crippen molar-refractivity contribution in [2.75, 3.05) is 13.6 Å². The third-order valence-corrected chi connectivity index (χ3v) is 2.38. The summed E-state index contributed by atoms with van der Waals surface area (Å²) in [6.45, 7) is 7.39. The van der Waals surface area contributed by atoms with Crippen molar-refractivity contribution in [3.8, 4) is 0 Å². The van der Waals surface area contributed by atoms with Crippen LogP contribution in [0, 0.1) is 5.92 Å². The minimum atomic E-state index is -0.267. The Morgan fingerprint density at radius 2 is 1.75 bits per heavy atom. The Labute approximate surface area is 97.4 Å². The Hall–Kier alpha value is -1.10. The molecule has 16 heavy (non-hydrogen) atoms. The van der Waals surface area contributed by atoms with E-state index < -0.39 is 0 Å². The van der Waals surface area contributed by atoms with Crippen LogP contribution in [0.3, 0.4) is 0 Å². The van der Waals surface area contributed by atoms with Gasteiger partial charge in [0.05, 0.1) is 12.5 Å². The van der Waals surface area contributed by atoms with Crippen molar-refractivity contribution in [2.45, 2.75) is 39.8 Å². The molecule has 3 N–H and O–H groups in total. The van der Waals surface area contributed by atoms with Gasteiger partial charge in [0, 0.05) is 19.1 Å². The predicted octanol–water partition coefficient (Wildman–Crippen LogP) is -0.0473. The zero-order chi connectivity index (χ0) is 12.9. The van der Waals surface area contributed by atoms with Crippen molar-refractivity contribution in [3.05, 3.63) is 0 Å². The van der Waals surface area contributed by atoms with Crippen molar-refractivity contribution in [1.82, 2.24) is 10.2 Å². The van der Waals surface area contributed by atoms with E-state index in [0.29, 0.717) is 0 Å². The van der Waals surface area contributed by atoms with Crippen molar-refractivity contribution >= 4 is 11.8 Å². The Bertz CT molecular complexity index is 252. The Kier molecular flexibility index (Phi) is 6.03. The lowest BCUT2D eigenvalue weighted by Crippen LogP contribution is -2.45. The van der Waals surface area contributed by atoms with Gasteiger partial charge in [0.15, 0.2) is 0 Å². The molecule has 0 saturated carbocycles. The second-order valence-corrected chi connectivity index (χ2v) is 4.56. The molecule has 0 heterocycles. The van der Waals surface area contributed by atoms with Crippen LogP contribution < -0.4 is 11.1 Å². The molecule has 0 aliphatic heterocycles. The average Bonchev–Trinajstić information content (AvgIpc) is 2.13. The monoisotopic (exact) mass is 229 g/mol. The number of likely N-dealkylation sites (N-methyl/N-ethyl adjacent to an activating group) is 1. The summed E-state index contributed by atoms with van der Waals surface area (Å²) in [5.41, 5.74) is 5.64. The fourth-order valence-electron chi connectivity index (χ4n) is 1.23. The Balaban J connectivity index is 4.20. The van der Waals surface area contributed by atoms with E-state index >= 15 is 0 Å². The highest BCUT2D eigenvalue weighted by Gasteiger charge is 2.22. The van der Waals surface area contributed by atoms with Crippen molar-refractivity contribution in [3.63, 3.8) is 0 Å². The largest absolute Gasteiger partial charge is 0.352 e. The molecule has 0 rings (SSSR count). The van der Waals surface area contributed by atoms with Crippen LogP contribution in [0.5, 0.6) is 0 Å². The molecule has 0 bridgehead atoms. The molecule has 0 aromatic rings. The first kappa shape index (κ1) is 14.9. The van der Waals surface area contributed by atoms with Gasteiger partial charge in [0.25, 0.3) is 0 Å². The van der Waals surface area contributed by atoms with Gasteiger partial charge >= 0.3 is 0 Å². The molecule has 0 saturated heterocycles. The van der Waals surface area contributed by atoms with Crippen LogP contribution in [0.2, 0.25) is 0 Å². The SMILES string of the molecule is CC(C)NC(=O)CN(C)C(=O)C(C)C(C)N. The maximum Gasteiger partial charge on any atom is 0.239 e. The van der Waals surface area contributed by atoms with E-state index in [2.05, 4.69) is 5.32 Å². The molecule has 5 heteroatoms. The molecule has 0 radical (unpaired) electrons. The second kappa shape index (κ2) is 6.48. The smallest absolute Gasteiger partial charge is 0.239 e. The Morgan fingerprint density at radius 3 is 2.12 bits per heavy atom. The molecule has 0 aliphatic rings. The quantitative estimate of drug-likeness (QED) is 0.694. The van der Waals surface area contributed by atoms with Crippen LogP contribution in [0.4, 0.5) is 0 Å². The number of rotatable bonds is 5. The third kappa shape index (κ3) is 5.11. The maximum atomic E-state index is 11.8. The van der Waals surface area contributed by atoms with E-state index in [-0.39, 0.29) is 36.4 Å². The van der Waals surface area contributed by atoms with E-state index in [1.54, 1.807) is 20.9 Å². The molecule has 2 unspecified atom stereocenters. The van der Waals surface area contributed by atoms with Gasteiger partial charge < -0.3 is 16.0 Å². The molecule has 0 fully saturated rings. The minimum Gasteiger partial charge on any atom is -0.352 e. The first-order valence-corrected chi connectivity index (χ1v) is 5.55. The van der Waals surface area contributed by atoms with Gasteiger partial charge in [0.1, 0.15) is 0 Å². The second-order valence-electron chi connectivity index (χ2n) is 4.56. The number of carbonyl (C=O) groups is 2. The van der Waals surface area contributed by atoms with E-state index in [4.69, 9.17) is 5.73 Å². The first-order chi connectivity index (χ1) is 7.25. The summed E-state index contributed by atoms with van der Waals surface area (Å²) in [6, 6.07) is -0.120. The van der Waals surface area contributed by atoms with Crippen LogP contribution in [-0.4, -0.2) is 42.4 Å². The highest BCUT2D eigenvalue weighted by molar-refractivity contribution is 5.85. The molecule has 94 valence electrons. The minimum absolute atomic E-state index is 0.0775. The van der Waals surface area contributed by atoms with E-state index in [0.717, 1.165) is 0 Å². The summed E-state index contributed by atoms with van der Waals surface area (Å²) >= 11 is 0. The highest BCUT2D eigenvalue weighted by Crippen LogP contribution is 2.04. The van der Waals surface area contributed by atoms with E-state index in [9.17, 15) is 9.59 Å². The molecule has 2 atom stereocenters. The van der Waals surface area contributed by atoms with Crippen LogP contribution in [-0.2, 0) is 9.59 Å². The predicted molar refractivity (Wildman–Crippen MR) is 63.7 cm³/mol. The lowest BCUT2D eigenvalue weighted by molar-refractivity contribution is -0.138. The molecular formula is C11H23N3O2. The maximum absolute atomic E-state index is 11.8. The summed E-state index contributed by atoms with van der Waals surface area (Å²) in [5.74, 6) is -0.520. The molecule has 0 aromatic carbocycles. The van der Waals surface area contributed by atoms with Gasteiger partial charge in [-0.2, -0.15) is 0 Å². The molecular weight excluding hydrogens is 206 g/mol. The van der Waals surface area contributed by atoms with Gasteiger partial charge in [-0.3, -0.25) is 9.59 Å². The van der Waals surface area contributed by atoms with Gasteiger partial charge in [-0.15, -0.1) is 0 Å². The first-order valence-electron chi connectivity index (χ1n) is 5.55. The normalized spacial score (nSPS) is 14.4. The van der Waals surface area contributed by atoms with Crippen LogP contribution in [0.1, 0.15) is 27.7 Å². The number of nitrogens with zero attached hydrogens (tertiary/aromatic N) is 1. The summed E-state index contributed by atoms with van der Waals surface area (Å²) in [6.07, 6.45) is 0. The number of hydrogen-bond acceptors (Lipinski definition) is 3. The van der Waals surface area contributed by atoms with E-state index in [1.807, 2.05) is 13.8 Å². The van der Waals surface area contributed by atoms with E-state index in [1.165, 1.54) is 4.90 Å². The van der Waals surface area contributed by atoms with Gasteiger partial charge in [-0.25, -0.2) is 0 Å².